The van der Waals surface area contributed by atoms with Gasteiger partial charge in [0.25, 0.3) is 0 Å². The van der Waals surface area contributed by atoms with E-state index >= 15 is 0 Å². The average Bonchev–Trinajstić information content (AvgIpc) is 3.51. The molecule has 0 heterocycles. The van der Waals surface area contributed by atoms with Crippen molar-refractivity contribution in [2.75, 3.05) is 0 Å². The van der Waals surface area contributed by atoms with Crippen molar-refractivity contribution in [2.45, 2.75) is 6.42 Å². The molecule has 0 fully saturated rings. The Morgan fingerprint density at radius 1 is 0.311 bits per heavy atom. The summed E-state index contributed by atoms with van der Waals surface area (Å²) in [6.07, 6.45) is 0.989. The lowest BCUT2D eigenvalue weighted by molar-refractivity contribution is 1.29. The second-order valence-electron chi connectivity index (χ2n) is 12.1. The smallest absolute Gasteiger partial charge is 0.000706 e. The molecule has 0 aliphatic heterocycles. The van der Waals surface area contributed by atoms with Crippen LogP contribution < -0.4 is 0 Å². The van der Waals surface area contributed by atoms with Crippen molar-refractivity contribution in [3.05, 3.63) is 181 Å². The Kier molecular flexibility index (Phi) is 5.99. The third kappa shape index (κ3) is 4.46. The van der Waals surface area contributed by atoms with Crippen LogP contribution in [-0.4, -0.2) is 0 Å². The number of fused-ring (bicyclic) bond motifs is 7. The summed E-state index contributed by atoms with van der Waals surface area (Å²) in [6.45, 7) is 0. The summed E-state index contributed by atoms with van der Waals surface area (Å²) in [5.41, 5.74) is 15.5. The summed E-state index contributed by atoms with van der Waals surface area (Å²) in [4.78, 5) is 0. The van der Waals surface area contributed by atoms with Gasteiger partial charge in [-0.15, -0.1) is 0 Å². The number of hydrogen-bond donors (Lipinski definition) is 0. The highest BCUT2D eigenvalue weighted by Crippen LogP contribution is 2.43. The summed E-state index contributed by atoms with van der Waals surface area (Å²) in [6, 6.07) is 62.4. The maximum absolute atomic E-state index is 2.41. The number of rotatable bonds is 4. The molecule has 8 aromatic carbocycles. The van der Waals surface area contributed by atoms with Crippen LogP contribution in [0.5, 0.6) is 0 Å². The van der Waals surface area contributed by atoms with Crippen molar-refractivity contribution in [1.29, 1.82) is 0 Å². The van der Waals surface area contributed by atoms with Crippen LogP contribution in [0, 0.1) is 0 Å². The van der Waals surface area contributed by atoms with Crippen LogP contribution in [0.4, 0.5) is 0 Å². The average molecular weight is 571 g/mol. The van der Waals surface area contributed by atoms with Gasteiger partial charge in [0.05, 0.1) is 0 Å². The predicted molar refractivity (Wildman–Crippen MR) is 191 cm³/mol. The van der Waals surface area contributed by atoms with E-state index in [9.17, 15) is 0 Å². The molecule has 0 aromatic heterocycles. The summed E-state index contributed by atoms with van der Waals surface area (Å²) in [7, 11) is 0. The highest BCUT2D eigenvalue weighted by atomic mass is 14.2. The zero-order chi connectivity index (χ0) is 29.7. The molecule has 0 amide bonds. The third-order valence-electron chi connectivity index (χ3n) is 9.46. The molecule has 1 aliphatic rings. The Balaban J connectivity index is 1.19. The Morgan fingerprint density at radius 2 is 0.822 bits per heavy atom. The molecule has 0 saturated heterocycles. The predicted octanol–water partition coefficient (Wildman–Crippen LogP) is 12.2. The van der Waals surface area contributed by atoms with Gasteiger partial charge < -0.3 is 0 Å². The first-order valence-electron chi connectivity index (χ1n) is 15.7. The molecule has 0 saturated carbocycles. The molecule has 8 aromatic rings. The molecule has 0 unspecified atom stereocenters. The van der Waals surface area contributed by atoms with Crippen molar-refractivity contribution in [2.24, 2.45) is 0 Å². The van der Waals surface area contributed by atoms with Gasteiger partial charge in [-0.05, 0) is 125 Å². The molecule has 210 valence electrons. The van der Waals surface area contributed by atoms with Gasteiger partial charge in [-0.25, -0.2) is 0 Å². The van der Waals surface area contributed by atoms with E-state index in [4.69, 9.17) is 0 Å². The maximum Gasteiger partial charge on any atom is -0.000706 e. The molecule has 1 aliphatic carbocycles. The molecule has 0 atom stereocenters. The molecule has 0 radical (unpaired) electrons. The Morgan fingerprint density at radius 3 is 1.56 bits per heavy atom. The highest BCUT2D eigenvalue weighted by molar-refractivity contribution is 6.13. The van der Waals surface area contributed by atoms with Crippen molar-refractivity contribution in [1.82, 2.24) is 0 Å². The van der Waals surface area contributed by atoms with E-state index in [0.717, 1.165) is 6.42 Å². The molecule has 45 heavy (non-hydrogen) atoms. The number of hydrogen-bond acceptors (Lipinski definition) is 0. The molecular formula is C45H30. The first-order valence-corrected chi connectivity index (χ1v) is 15.7. The standard InChI is InChI=1S/C45H30/c1-3-10-30(11-4-1)38-25-39(31-12-5-2-6-13-31)27-40(26-38)35-16-9-15-34(24-35)36-21-19-32-18-20-33-22-23-42-41-17-8-7-14-37(41)29-44(42)45(33)43(32)28-36/h1-28H,29H2. The van der Waals surface area contributed by atoms with Gasteiger partial charge >= 0.3 is 0 Å². The fraction of sp³-hybridized carbons (Fsp3) is 0.0222. The summed E-state index contributed by atoms with van der Waals surface area (Å²) in [5.74, 6) is 0. The first-order chi connectivity index (χ1) is 22.3. The van der Waals surface area contributed by atoms with E-state index < -0.39 is 0 Å². The highest BCUT2D eigenvalue weighted by Gasteiger charge is 2.21. The topological polar surface area (TPSA) is 0 Å². The first kappa shape index (κ1) is 25.7. The minimum Gasteiger partial charge on any atom is -0.0622 e. The molecule has 0 heteroatoms. The second kappa shape index (κ2) is 10.5. The zero-order valence-corrected chi connectivity index (χ0v) is 24.9. The minimum absolute atomic E-state index is 0.989. The molecule has 0 bridgehead atoms. The van der Waals surface area contributed by atoms with Gasteiger partial charge in [0.2, 0.25) is 0 Å². The summed E-state index contributed by atoms with van der Waals surface area (Å²) in [5, 5.41) is 5.32. The van der Waals surface area contributed by atoms with Gasteiger partial charge in [0.1, 0.15) is 0 Å². The molecule has 0 N–H and O–H groups in total. The lowest BCUT2D eigenvalue weighted by atomic mass is 9.90. The Hall–Kier alpha value is -5.72. The minimum atomic E-state index is 0.989. The Bertz CT molecular complexity index is 2320. The van der Waals surface area contributed by atoms with Crippen LogP contribution >= 0.6 is 0 Å². The van der Waals surface area contributed by atoms with Crippen LogP contribution in [0.25, 0.3) is 77.2 Å². The second-order valence-corrected chi connectivity index (χ2v) is 12.1. The van der Waals surface area contributed by atoms with Crippen LogP contribution in [0.1, 0.15) is 11.1 Å². The third-order valence-corrected chi connectivity index (χ3v) is 9.46. The summed E-state index contributed by atoms with van der Waals surface area (Å²) >= 11 is 0. The van der Waals surface area contributed by atoms with E-state index in [1.165, 1.54) is 88.3 Å². The van der Waals surface area contributed by atoms with Gasteiger partial charge in [0.15, 0.2) is 0 Å². The lowest BCUT2D eigenvalue weighted by Crippen LogP contribution is -1.88. The van der Waals surface area contributed by atoms with Gasteiger partial charge in [-0.2, -0.15) is 0 Å². The largest absolute Gasteiger partial charge is 0.0622 e. The van der Waals surface area contributed by atoms with Crippen LogP contribution in [0.3, 0.4) is 0 Å². The van der Waals surface area contributed by atoms with E-state index in [-0.39, 0.29) is 0 Å². The fourth-order valence-electron chi connectivity index (χ4n) is 7.23. The van der Waals surface area contributed by atoms with Crippen molar-refractivity contribution < 1.29 is 0 Å². The quantitative estimate of drug-likeness (QED) is 0.185. The van der Waals surface area contributed by atoms with Gasteiger partial charge in [0, 0.05) is 0 Å². The SMILES string of the molecule is c1ccc(-c2cc(-c3ccccc3)cc(-c3cccc(-c4ccc5ccc6ccc7c(c6c5c4)Cc4ccccc4-7)c3)c2)cc1. The lowest BCUT2D eigenvalue weighted by Gasteiger charge is -2.13. The fourth-order valence-corrected chi connectivity index (χ4v) is 7.23. The number of benzene rings is 8. The Labute approximate surface area is 263 Å². The van der Waals surface area contributed by atoms with Crippen molar-refractivity contribution in [3.8, 4) is 55.6 Å². The summed E-state index contributed by atoms with van der Waals surface area (Å²) < 4.78 is 0. The normalized spacial score (nSPS) is 11.9. The van der Waals surface area contributed by atoms with Gasteiger partial charge in [-0.3, -0.25) is 0 Å². The molecular weight excluding hydrogens is 540 g/mol. The molecule has 0 nitrogen and oxygen atoms in total. The zero-order valence-electron chi connectivity index (χ0n) is 24.9. The van der Waals surface area contributed by atoms with Crippen molar-refractivity contribution >= 4 is 21.5 Å². The maximum atomic E-state index is 2.41. The van der Waals surface area contributed by atoms with Crippen LogP contribution in [0.2, 0.25) is 0 Å². The molecule has 0 spiro atoms. The monoisotopic (exact) mass is 570 g/mol. The molecule has 9 rings (SSSR count). The van der Waals surface area contributed by atoms with Crippen molar-refractivity contribution in [3.63, 3.8) is 0 Å². The van der Waals surface area contributed by atoms with E-state index in [2.05, 4.69) is 170 Å². The van der Waals surface area contributed by atoms with E-state index in [1.807, 2.05) is 0 Å². The van der Waals surface area contributed by atoms with E-state index in [1.54, 1.807) is 0 Å². The van der Waals surface area contributed by atoms with Crippen LogP contribution in [-0.2, 0) is 6.42 Å². The van der Waals surface area contributed by atoms with Gasteiger partial charge in [-0.1, -0.05) is 140 Å². The van der Waals surface area contributed by atoms with E-state index in [0.29, 0.717) is 0 Å². The van der Waals surface area contributed by atoms with Crippen LogP contribution in [0.15, 0.2) is 170 Å².